The Hall–Kier alpha value is -3.78. The number of anilines is 1. The first-order valence-electron chi connectivity index (χ1n) is 10.3. The van der Waals surface area contributed by atoms with E-state index in [0.29, 0.717) is 29.9 Å². The van der Waals surface area contributed by atoms with Gasteiger partial charge in [0.05, 0.1) is 11.1 Å². The lowest BCUT2D eigenvalue weighted by Crippen LogP contribution is -2.50. The molecule has 0 unspecified atom stereocenters. The van der Waals surface area contributed by atoms with Crippen molar-refractivity contribution in [3.8, 4) is 0 Å². The third-order valence-electron chi connectivity index (χ3n) is 5.30. The Balaban J connectivity index is 1.39. The number of piperazine rings is 1. The van der Waals surface area contributed by atoms with E-state index in [0.717, 1.165) is 6.07 Å². The van der Waals surface area contributed by atoms with Crippen LogP contribution in [0.15, 0.2) is 67.0 Å². The number of amides is 3. The Labute approximate surface area is 194 Å². The number of rotatable bonds is 4. The van der Waals surface area contributed by atoms with Crippen LogP contribution in [0.25, 0.3) is 0 Å². The summed E-state index contributed by atoms with van der Waals surface area (Å²) in [6.07, 6.45) is 3.04. The molecular formula is C24H20ClFN4O3. The average molecular weight is 467 g/mol. The molecule has 0 spiro atoms. The number of hydrogen-bond donors (Lipinski definition) is 1. The van der Waals surface area contributed by atoms with Crippen LogP contribution >= 0.6 is 11.6 Å². The lowest BCUT2D eigenvalue weighted by molar-refractivity contribution is 0.0533. The van der Waals surface area contributed by atoms with Crippen molar-refractivity contribution < 1.29 is 18.8 Å². The van der Waals surface area contributed by atoms with Crippen LogP contribution in [-0.2, 0) is 0 Å². The topological polar surface area (TPSA) is 82.6 Å². The van der Waals surface area contributed by atoms with Crippen molar-refractivity contribution in [2.75, 3.05) is 31.5 Å². The molecule has 3 aromatic rings. The van der Waals surface area contributed by atoms with Gasteiger partial charge in [-0.3, -0.25) is 19.4 Å². The van der Waals surface area contributed by atoms with E-state index >= 15 is 0 Å². The van der Waals surface area contributed by atoms with Crippen LogP contribution in [0.2, 0.25) is 5.02 Å². The van der Waals surface area contributed by atoms with Crippen molar-refractivity contribution in [1.82, 2.24) is 14.8 Å². The van der Waals surface area contributed by atoms with Crippen LogP contribution in [-0.4, -0.2) is 58.7 Å². The number of nitrogens with zero attached hydrogens (tertiary/aromatic N) is 3. The Morgan fingerprint density at radius 1 is 0.879 bits per heavy atom. The summed E-state index contributed by atoms with van der Waals surface area (Å²) < 4.78 is 14.0. The van der Waals surface area contributed by atoms with E-state index in [1.807, 2.05) is 0 Å². The molecule has 0 radical (unpaired) electrons. The molecule has 0 bridgehead atoms. The highest BCUT2D eigenvalue weighted by molar-refractivity contribution is 6.31. The van der Waals surface area contributed by atoms with Gasteiger partial charge in [0.25, 0.3) is 17.7 Å². The number of carbonyl (C=O) groups is 3. The maximum absolute atomic E-state index is 14.0. The molecule has 4 rings (SSSR count). The predicted molar refractivity (Wildman–Crippen MR) is 122 cm³/mol. The van der Waals surface area contributed by atoms with E-state index in [9.17, 15) is 18.8 Å². The molecule has 168 valence electrons. The van der Waals surface area contributed by atoms with Gasteiger partial charge in [0.15, 0.2) is 0 Å². The molecule has 1 aliphatic heterocycles. The fourth-order valence-corrected chi connectivity index (χ4v) is 3.73. The molecule has 1 saturated heterocycles. The van der Waals surface area contributed by atoms with Crippen LogP contribution in [0.3, 0.4) is 0 Å². The quantitative estimate of drug-likeness (QED) is 0.635. The first-order chi connectivity index (χ1) is 15.9. The minimum atomic E-state index is -0.631. The van der Waals surface area contributed by atoms with Crippen molar-refractivity contribution in [3.63, 3.8) is 0 Å². The molecule has 0 atom stereocenters. The van der Waals surface area contributed by atoms with Gasteiger partial charge in [-0.1, -0.05) is 17.7 Å². The molecule has 7 nitrogen and oxygen atoms in total. The molecule has 9 heteroatoms. The maximum atomic E-state index is 14.0. The van der Waals surface area contributed by atoms with Gasteiger partial charge in [0.1, 0.15) is 5.82 Å². The van der Waals surface area contributed by atoms with Gasteiger partial charge in [0, 0.05) is 54.8 Å². The standard InChI is InChI=1S/C24H20ClFN4O3/c25-18-6-7-21(26)20(14-18)24(33)30-11-9-29(10-12-30)23(32)16-3-1-5-19(13-16)28-22(31)17-4-2-8-27-15-17/h1-8,13-15H,9-12H2,(H,28,31). The van der Waals surface area contributed by atoms with Gasteiger partial charge in [-0.2, -0.15) is 0 Å². The van der Waals surface area contributed by atoms with E-state index in [1.165, 1.54) is 23.2 Å². The molecule has 2 aromatic carbocycles. The number of halogens is 2. The second kappa shape index (κ2) is 9.79. The van der Waals surface area contributed by atoms with E-state index in [2.05, 4.69) is 10.3 Å². The number of nitrogens with one attached hydrogen (secondary N) is 1. The number of pyridine rings is 1. The van der Waals surface area contributed by atoms with Gasteiger partial charge in [-0.05, 0) is 48.5 Å². The molecular weight excluding hydrogens is 447 g/mol. The first-order valence-corrected chi connectivity index (χ1v) is 10.7. The zero-order valence-corrected chi connectivity index (χ0v) is 18.3. The fraction of sp³-hybridized carbons (Fsp3) is 0.167. The van der Waals surface area contributed by atoms with Crippen molar-refractivity contribution in [3.05, 3.63) is 94.5 Å². The molecule has 33 heavy (non-hydrogen) atoms. The molecule has 1 N–H and O–H groups in total. The third kappa shape index (κ3) is 5.18. The summed E-state index contributed by atoms with van der Waals surface area (Å²) in [6, 6.07) is 13.8. The second-order valence-electron chi connectivity index (χ2n) is 7.49. The van der Waals surface area contributed by atoms with Gasteiger partial charge in [-0.25, -0.2) is 4.39 Å². The van der Waals surface area contributed by atoms with E-state index in [1.54, 1.807) is 47.5 Å². The first kappa shape index (κ1) is 22.4. The number of carbonyl (C=O) groups excluding carboxylic acids is 3. The van der Waals surface area contributed by atoms with Crippen LogP contribution in [0.5, 0.6) is 0 Å². The van der Waals surface area contributed by atoms with Gasteiger partial charge < -0.3 is 15.1 Å². The highest BCUT2D eigenvalue weighted by atomic mass is 35.5. The van der Waals surface area contributed by atoms with E-state index < -0.39 is 11.7 Å². The van der Waals surface area contributed by atoms with Crippen molar-refractivity contribution in [1.29, 1.82) is 0 Å². The lowest BCUT2D eigenvalue weighted by Gasteiger charge is -2.35. The summed E-state index contributed by atoms with van der Waals surface area (Å²) in [7, 11) is 0. The number of benzene rings is 2. The van der Waals surface area contributed by atoms with Gasteiger partial charge >= 0.3 is 0 Å². The summed E-state index contributed by atoms with van der Waals surface area (Å²) >= 11 is 5.89. The largest absolute Gasteiger partial charge is 0.335 e. The van der Waals surface area contributed by atoms with Crippen molar-refractivity contribution in [2.24, 2.45) is 0 Å². The number of hydrogen-bond acceptors (Lipinski definition) is 4. The number of aromatic nitrogens is 1. The zero-order chi connectivity index (χ0) is 23.4. The summed E-state index contributed by atoms with van der Waals surface area (Å²) in [4.78, 5) is 45.0. The minimum absolute atomic E-state index is 0.0839. The van der Waals surface area contributed by atoms with E-state index in [-0.39, 0.29) is 35.5 Å². The Morgan fingerprint density at radius 2 is 1.58 bits per heavy atom. The maximum Gasteiger partial charge on any atom is 0.257 e. The average Bonchev–Trinajstić information content (AvgIpc) is 2.85. The molecule has 1 fully saturated rings. The van der Waals surface area contributed by atoms with Crippen LogP contribution in [0.4, 0.5) is 10.1 Å². The fourth-order valence-electron chi connectivity index (χ4n) is 3.56. The SMILES string of the molecule is O=C(Nc1cccc(C(=O)N2CCN(C(=O)c3cc(Cl)ccc3F)CC2)c1)c1cccnc1. The molecule has 1 aliphatic rings. The van der Waals surface area contributed by atoms with Crippen LogP contribution in [0, 0.1) is 5.82 Å². The Bertz CT molecular complexity index is 1200. The highest BCUT2D eigenvalue weighted by Crippen LogP contribution is 2.19. The normalized spacial score (nSPS) is 13.5. The molecule has 3 amide bonds. The summed E-state index contributed by atoms with van der Waals surface area (Å²) in [5.74, 6) is -1.63. The van der Waals surface area contributed by atoms with Gasteiger partial charge in [-0.15, -0.1) is 0 Å². The monoisotopic (exact) mass is 466 g/mol. The van der Waals surface area contributed by atoms with Gasteiger partial charge in [0.2, 0.25) is 0 Å². The predicted octanol–water partition coefficient (Wildman–Crippen LogP) is 3.72. The summed E-state index contributed by atoms with van der Waals surface area (Å²) in [6.45, 7) is 1.15. The zero-order valence-electron chi connectivity index (χ0n) is 17.5. The minimum Gasteiger partial charge on any atom is -0.335 e. The van der Waals surface area contributed by atoms with Crippen molar-refractivity contribution in [2.45, 2.75) is 0 Å². The summed E-state index contributed by atoms with van der Waals surface area (Å²) in [5, 5.41) is 3.04. The Morgan fingerprint density at radius 3 is 2.27 bits per heavy atom. The molecule has 0 aliphatic carbocycles. The van der Waals surface area contributed by atoms with Crippen LogP contribution in [0.1, 0.15) is 31.1 Å². The Kier molecular flexibility index (Phi) is 6.65. The van der Waals surface area contributed by atoms with Crippen molar-refractivity contribution >= 4 is 35.0 Å². The lowest BCUT2D eigenvalue weighted by atomic mass is 10.1. The molecule has 0 saturated carbocycles. The highest BCUT2D eigenvalue weighted by Gasteiger charge is 2.27. The molecule has 2 heterocycles. The second-order valence-corrected chi connectivity index (χ2v) is 7.92. The van der Waals surface area contributed by atoms with Crippen LogP contribution < -0.4 is 5.32 Å². The third-order valence-corrected chi connectivity index (χ3v) is 5.54. The smallest absolute Gasteiger partial charge is 0.257 e. The summed E-state index contributed by atoms with van der Waals surface area (Å²) in [5.41, 5.74) is 1.23. The molecule has 1 aromatic heterocycles. The van der Waals surface area contributed by atoms with E-state index in [4.69, 9.17) is 11.6 Å².